The van der Waals surface area contributed by atoms with Gasteiger partial charge in [0.1, 0.15) is 5.78 Å². The molecule has 2 saturated heterocycles. The molecule has 5 fully saturated rings. The van der Waals surface area contributed by atoms with E-state index in [9.17, 15) is 4.79 Å². The monoisotopic (exact) mass is 374 g/mol. The third-order valence-electron chi connectivity index (χ3n) is 8.69. The van der Waals surface area contributed by atoms with Gasteiger partial charge < -0.3 is 18.9 Å². The summed E-state index contributed by atoms with van der Waals surface area (Å²) in [5, 5.41) is 0. The molecule has 0 spiro atoms. The number of Topliss-reactive ketones (excluding diaryl/α,β-unsaturated/α-hetero) is 1. The Morgan fingerprint density at radius 1 is 1.04 bits per heavy atom. The van der Waals surface area contributed by atoms with Crippen molar-refractivity contribution in [1.82, 2.24) is 0 Å². The summed E-state index contributed by atoms with van der Waals surface area (Å²) in [7, 11) is 0. The fourth-order valence-corrected chi connectivity index (χ4v) is 7.74. The number of carbonyl (C=O) groups excluding carboxylic acids is 1. The van der Waals surface area contributed by atoms with Crippen LogP contribution in [0.4, 0.5) is 0 Å². The van der Waals surface area contributed by atoms with Crippen LogP contribution in [0.15, 0.2) is 11.6 Å². The van der Waals surface area contributed by atoms with Gasteiger partial charge in [-0.1, -0.05) is 25.0 Å². The van der Waals surface area contributed by atoms with E-state index < -0.39 is 11.6 Å². The Bertz CT molecular complexity index is 687. The molecule has 0 aromatic rings. The summed E-state index contributed by atoms with van der Waals surface area (Å²) in [6.07, 6.45) is 9.69. The van der Waals surface area contributed by atoms with Gasteiger partial charge in [0.25, 0.3) is 0 Å². The molecular weight excluding hydrogens is 344 g/mol. The van der Waals surface area contributed by atoms with Crippen LogP contribution in [0.1, 0.15) is 51.9 Å². The van der Waals surface area contributed by atoms with E-state index in [0.29, 0.717) is 56.4 Å². The molecule has 5 heteroatoms. The van der Waals surface area contributed by atoms with Gasteiger partial charge in [0.15, 0.2) is 0 Å². The predicted octanol–water partition coefficient (Wildman–Crippen LogP) is 3.22. The molecule has 2 aliphatic heterocycles. The number of allylic oxidation sites excluding steroid dienone is 2. The second-order valence-electron chi connectivity index (χ2n) is 9.69. The number of rotatable bonds is 0. The molecule has 0 bridgehead atoms. The number of fused-ring (bicyclic) bond motifs is 5. The summed E-state index contributed by atoms with van der Waals surface area (Å²) in [5.41, 5.74) is 1.18. The van der Waals surface area contributed by atoms with Gasteiger partial charge in [-0.15, -0.1) is 0 Å². The molecule has 0 aromatic carbocycles. The zero-order valence-corrected chi connectivity index (χ0v) is 16.2. The Balaban J connectivity index is 1.45. The molecule has 3 saturated carbocycles. The molecule has 0 unspecified atom stereocenters. The third kappa shape index (κ3) is 1.97. The highest BCUT2D eigenvalue weighted by Gasteiger charge is 2.79. The maximum absolute atomic E-state index is 13.6. The number of hydrogen-bond acceptors (Lipinski definition) is 5. The Kier molecular flexibility index (Phi) is 3.59. The molecule has 6 aliphatic rings. The zero-order valence-electron chi connectivity index (χ0n) is 16.2. The topological polar surface area (TPSA) is 54.0 Å². The van der Waals surface area contributed by atoms with Gasteiger partial charge in [-0.2, -0.15) is 0 Å². The number of ketones is 1. The average molecular weight is 374 g/mol. The molecule has 2 heterocycles. The van der Waals surface area contributed by atoms with E-state index in [4.69, 9.17) is 18.9 Å². The summed E-state index contributed by atoms with van der Waals surface area (Å²) in [4.78, 5) is 13.6. The van der Waals surface area contributed by atoms with Crippen molar-refractivity contribution in [1.29, 1.82) is 0 Å². The molecule has 0 aromatic heterocycles. The zero-order chi connectivity index (χ0) is 18.3. The quantitative estimate of drug-likeness (QED) is 0.610. The van der Waals surface area contributed by atoms with E-state index in [2.05, 4.69) is 13.0 Å². The van der Waals surface area contributed by atoms with Crippen LogP contribution in [0.2, 0.25) is 0 Å². The summed E-state index contributed by atoms with van der Waals surface area (Å²) >= 11 is 0. The van der Waals surface area contributed by atoms with Crippen molar-refractivity contribution in [3.05, 3.63) is 11.6 Å². The van der Waals surface area contributed by atoms with E-state index in [0.717, 1.165) is 12.8 Å². The maximum atomic E-state index is 13.6. The lowest BCUT2D eigenvalue weighted by molar-refractivity contribution is -0.473. The standard InChI is InChI=1S/C22H30O5/c1-20-13-18(23)19-15-5-3-2-4-14(15)6-7-16(19)17(20)12-21-22(20,26-10-8-24-21)27-11-9-25-21/h6,15-17,19H,2-5,7-13H2,1H3/t15-,16-,17-,19+,20-,21?,22?/m0/s1. The molecule has 27 heavy (non-hydrogen) atoms. The smallest absolute Gasteiger partial charge is 0.230 e. The second-order valence-corrected chi connectivity index (χ2v) is 9.69. The van der Waals surface area contributed by atoms with Crippen LogP contribution in [0, 0.1) is 29.1 Å². The Hall–Kier alpha value is -0.750. The van der Waals surface area contributed by atoms with E-state index in [1.165, 1.54) is 25.7 Å². The Morgan fingerprint density at radius 3 is 2.56 bits per heavy atom. The maximum Gasteiger partial charge on any atom is 0.230 e. The van der Waals surface area contributed by atoms with Crippen molar-refractivity contribution in [2.75, 3.05) is 26.4 Å². The van der Waals surface area contributed by atoms with E-state index >= 15 is 0 Å². The molecular formula is C22H30O5. The highest BCUT2D eigenvalue weighted by molar-refractivity contribution is 5.84. The summed E-state index contributed by atoms with van der Waals surface area (Å²) in [6.45, 7) is 4.27. The van der Waals surface area contributed by atoms with Crippen LogP contribution in [0.25, 0.3) is 0 Å². The largest absolute Gasteiger partial charge is 0.343 e. The molecule has 0 radical (unpaired) electrons. The lowest BCUT2D eigenvalue weighted by atomic mass is 9.52. The van der Waals surface area contributed by atoms with Gasteiger partial charge in [0.2, 0.25) is 11.6 Å². The van der Waals surface area contributed by atoms with Gasteiger partial charge in [-0.25, -0.2) is 0 Å². The molecule has 5 atom stereocenters. The Morgan fingerprint density at radius 2 is 1.78 bits per heavy atom. The van der Waals surface area contributed by atoms with Crippen LogP contribution in [0.5, 0.6) is 0 Å². The van der Waals surface area contributed by atoms with Gasteiger partial charge >= 0.3 is 0 Å². The fraction of sp³-hybridized carbons (Fsp3) is 0.864. The number of hydrogen-bond donors (Lipinski definition) is 0. The first-order chi connectivity index (χ1) is 13.1. The average Bonchev–Trinajstić information content (AvgIpc) is 2.94. The predicted molar refractivity (Wildman–Crippen MR) is 96.7 cm³/mol. The molecule has 148 valence electrons. The van der Waals surface area contributed by atoms with Gasteiger partial charge in [-0.3, -0.25) is 4.79 Å². The molecule has 0 N–H and O–H groups in total. The van der Waals surface area contributed by atoms with Crippen LogP contribution in [-0.4, -0.2) is 43.8 Å². The summed E-state index contributed by atoms with van der Waals surface area (Å²) in [6, 6.07) is 0. The minimum atomic E-state index is -0.932. The van der Waals surface area contributed by atoms with Crippen molar-refractivity contribution in [2.45, 2.75) is 63.4 Å². The lowest BCUT2D eigenvalue weighted by Gasteiger charge is -2.58. The summed E-state index contributed by atoms with van der Waals surface area (Å²) in [5.74, 6) is -0.00963. The Labute approximate surface area is 160 Å². The number of carbonyl (C=O) groups is 1. The minimum Gasteiger partial charge on any atom is -0.343 e. The fourth-order valence-electron chi connectivity index (χ4n) is 7.74. The van der Waals surface area contributed by atoms with Gasteiger partial charge in [-0.05, 0) is 43.4 Å². The first kappa shape index (κ1) is 17.1. The van der Waals surface area contributed by atoms with Crippen LogP contribution in [0.3, 0.4) is 0 Å². The van der Waals surface area contributed by atoms with Gasteiger partial charge in [0, 0.05) is 24.2 Å². The normalized spacial score (nSPS) is 54.1. The highest BCUT2D eigenvalue weighted by atomic mass is 16.8. The van der Waals surface area contributed by atoms with Crippen molar-refractivity contribution in [3.8, 4) is 0 Å². The first-order valence-electron chi connectivity index (χ1n) is 10.9. The SMILES string of the molecule is C[C@]12CC(=O)[C@H]3[C@@H](CC=C4CCCC[C@@H]43)[C@@H]1CC13OCCOC12OCCO3. The first-order valence-corrected chi connectivity index (χ1v) is 10.9. The highest BCUT2D eigenvalue weighted by Crippen LogP contribution is 2.69. The molecule has 6 rings (SSSR count). The molecule has 0 amide bonds. The minimum absolute atomic E-state index is 0.179. The van der Waals surface area contributed by atoms with E-state index in [1.54, 1.807) is 5.57 Å². The molecule has 4 aliphatic carbocycles. The van der Waals surface area contributed by atoms with E-state index in [-0.39, 0.29) is 11.3 Å². The van der Waals surface area contributed by atoms with Crippen LogP contribution >= 0.6 is 0 Å². The van der Waals surface area contributed by atoms with Crippen molar-refractivity contribution in [3.63, 3.8) is 0 Å². The summed E-state index contributed by atoms with van der Waals surface area (Å²) < 4.78 is 25.2. The van der Waals surface area contributed by atoms with E-state index in [1.807, 2.05) is 0 Å². The van der Waals surface area contributed by atoms with Crippen molar-refractivity contribution >= 4 is 5.78 Å². The third-order valence-corrected chi connectivity index (χ3v) is 8.69. The van der Waals surface area contributed by atoms with Crippen LogP contribution < -0.4 is 0 Å². The lowest BCUT2D eigenvalue weighted by Crippen LogP contribution is -2.70. The molecule has 5 nitrogen and oxygen atoms in total. The van der Waals surface area contributed by atoms with Crippen LogP contribution in [-0.2, 0) is 23.7 Å². The van der Waals surface area contributed by atoms with Gasteiger partial charge in [0.05, 0.1) is 26.4 Å². The van der Waals surface area contributed by atoms with Crippen molar-refractivity contribution in [2.24, 2.45) is 29.1 Å². The van der Waals surface area contributed by atoms with Crippen molar-refractivity contribution < 1.29 is 23.7 Å². The second kappa shape index (κ2) is 5.65. The number of ether oxygens (including phenoxy) is 4.